The van der Waals surface area contributed by atoms with Crippen molar-refractivity contribution < 1.29 is 213 Å². The zero-order chi connectivity index (χ0) is 76.3. The highest BCUT2D eigenvalue weighted by atomic mass is 16.8. The number of carbonyl (C=O) groups excluding carboxylic acids is 3. The molecule has 8 saturated heterocycles. The van der Waals surface area contributed by atoms with E-state index in [1.165, 1.54) is 6.92 Å². The Hall–Kier alpha value is -3.64. The standard InChI is InChI=1S/C57H95N3O43/c1-13-28(72)35(79)37(81)52(90-13)101-48-39(83)49(86)91-23(11-66)43(48)98-54-40(84)46(100-51-27(60-16(4)69)44(31(75)20(8-63)92-51)99-53-38(82)36(80)30(74)19(7-62)93-53)33(77)24(96-54)12-89-50-26(59-15(3)68)34(78)42(22(10-65)95-50)97-55-41(85)47(32(76)21(9-64)94-55)103-57(56(87)88)5-17(70)25(58-14(2)67)45(102-57)29(73)18(71)6-61/h13,17-55,61-66,70-86H,5-12H2,1-4H3,(H,58,67)(H,59,68)(H,60,69)(H,87,88)/t13-,17-,18+,19+,20+,21+,22+,23+,24+,25+,26+,27+,28+,29+,30-,31+,32-,33-,34+,35+,36-,37-,38+,39+,40+,41+,42+,43+,44+,45+,46-,47-,48+,49?,50+,51-,52-,53-,54-,55-,57-/m0/s1. The third kappa shape index (κ3) is 18.5. The minimum absolute atomic E-state index is 0.859. The Kier molecular flexibility index (Phi) is 29.9. The van der Waals surface area contributed by atoms with Gasteiger partial charge in [-0.15, -0.1) is 0 Å². The van der Waals surface area contributed by atoms with E-state index in [-0.39, 0.29) is 0 Å². The lowest BCUT2D eigenvalue weighted by atomic mass is 9.88. The maximum absolute atomic E-state index is 13.2. The Bertz CT molecular complexity index is 2730. The summed E-state index contributed by atoms with van der Waals surface area (Å²) in [4.78, 5) is 51.4. The Morgan fingerprint density at radius 1 is 0.417 bits per heavy atom. The van der Waals surface area contributed by atoms with Crippen molar-refractivity contribution in [3.8, 4) is 0 Å². The van der Waals surface area contributed by atoms with E-state index in [0.29, 0.717) is 0 Å². The lowest BCUT2D eigenvalue weighted by molar-refractivity contribution is -0.395. The van der Waals surface area contributed by atoms with Crippen molar-refractivity contribution in [2.24, 2.45) is 0 Å². The largest absolute Gasteiger partial charge is 0.477 e. The molecule has 0 aromatic rings. The fourth-order valence-electron chi connectivity index (χ4n) is 13.2. The molecule has 0 saturated carbocycles. The molecule has 46 heteroatoms. The molecule has 8 rings (SSSR count). The number of hydrogen-bond acceptors (Lipinski definition) is 42. The average molecular weight is 1510 g/mol. The van der Waals surface area contributed by atoms with Crippen LogP contribution in [0.5, 0.6) is 0 Å². The monoisotopic (exact) mass is 1510 g/mol. The quantitative estimate of drug-likeness (QED) is 0.0363. The van der Waals surface area contributed by atoms with Crippen molar-refractivity contribution in [2.45, 2.75) is 285 Å². The summed E-state index contributed by atoms with van der Waals surface area (Å²) in [5.41, 5.74) is 0. The van der Waals surface area contributed by atoms with Gasteiger partial charge in [0.15, 0.2) is 44.0 Å². The Balaban J connectivity index is 1.10. The smallest absolute Gasteiger partial charge is 0.364 e. The Morgan fingerprint density at radius 3 is 1.40 bits per heavy atom. The second kappa shape index (κ2) is 36.3. The van der Waals surface area contributed by atoms with Crippen molar-refractivity contribution in [3.05, 3.63) is 0 Å². The predicted octanol–water partition coefficient (Wildman–Crippen LogP) is -17.8. The van der Waals surface area contributed by atoms with Crippen LogP contribution in [0.4, 0.5) is 0 Å². The normalized spacial score (nSPS) is 48.3. The molecule has 1 unspecified atom stereocenters. The molecule has 103 heavy (non-hydrogen) atoms. The van der Waals surface area contributed by atoms with Gasteiger partial charge in [-0.3, -0.25) is 14.4 Å². The number of aliphatic hydroxyl groups is 23. The molecule has 0 bridgehead atoms. The van der Waals surface area contributed by atoms with Crippen LogP contribution in [0, 0.1) is 0 Å². The van der Waals surface area contributed by atoms with E-state index in [1.54, 1.807) is 0 Å². The van der Waals surface area contributed by atoms with Crippen molar-refractivity contribution in [2.75, 3.05) is 46.2 Å². The van der Waals surface area contributed by atoms with Gasteiger partial charge >= 0.3 is 5.97 Å². The number of carboxylic acids is 1. The number of hydrogen-bond donors (Lipinski definition) is 27. The molecule has 27 N–H and O–H groups in total. The number of amides is 3. The average Bonchev–Trinajstić information content (AvgIpc) is 0.759. The van der Waals surface area contributed by atoms with Crippen LogP contribution in [0.3, 0.4) is 0 Å². The second-order valence-electron chi connectivity index (χ2n) is 26.0. The minimum atomic E-state index is -3.26. The third-order valence-corrected chi connectivity index (χ3v) is 18.8. The molecule has 0 radical (unpaired) electrons. The number of carboxylic acid groups (broad SMARTS) is 1. The number of ether oxygens (including phenoxy) is 15. The van der Waals surface area contributed by atoms with Gasteiger partial charge in [-0.1, -0.05) is 0 Å². The molecule has 0 spiro atoms. The molecule has 8 fully saturated rings. The van der Waals surface area contributed by atoms with Gasteiger partial charge < -0.3 is 210 Å². The first kappa shape index (κ1) is 85.0. The summed E-state index contributed by atoms with van der Waals surface area (Å²) in [7, 11) is 0. The summed E-state index contributed by atoms with van der Waals surface area (Å²) in [5.74, 6) is -8.17. The molecule has 46 nitrogen and oxygen atoms in total. The topological polar surface area (TPSA) is 728 Å². The number of nitrogens with one attached hydrogen (secondary N) is 3. The summed E-state index contributed by atoms with van der Waals surface area (Å²) < 4.78 is 87.6. The first-order chi connectivity index (χ1) is 48.5. The maximum Gasteiger partial charge on any atom is 0.364 e. The zero-order valence-electron chi connectivity index (χ0n) is 55.2. The first-order valence-electron chi connectivity index (χ1n) is 32.6. The summed E-state index contributed by atoms with van der Waals surface area (Å²) in [5, 5.41) is 270. The molecular weight excluding hydrogens is 1410 g/mol. The molecule has 596 valence electrons. The molecule has 41 atom stereocenters. The van der Waals surface area contributed by atoms with Crippen LogP contribution in [-0.4, -0.2) is 444 Å². The lowest BCUT2D eigenvalue weighted by Crippen LogP contribution is -2.71. The fraction of sp³-hybridized carbons (Fsp3) is 0.930. The highest BCUT2D eigenvalue weighted by molar-refractivity contribution is 5.77. The van der Waals surface area contributed by atoms with E-state index in [0.717, 1.165) is 20.8 Å². The van der Waals surface area contributed by atoms with Crippen LogP contribution in [0.1, 0.15) is 34.1 Å². The summed E-state index contributed by atoms with van der Waals surface area (Å²) in [6.07, 6.45) is -78.6. The van der Waals surface area contributed by atoms with Crippen molar-refractivity contribution in [3.63, 3.8) is 0 Å². The van der Waals surface area contributed by atoms with Gasteiger partial charge in [0, 0.05) is 27.2 Å². The van der Waals surface area contributed by atoms with Crippen LogP contribution in [0.15, 0.2) is 0 Å². The molecule has 8 aliphatic heterocycles. The minimum Gasteiger partial charge on any atom is -0.477 e. The van der Waals surface area contributed by atoms with Crippen LogP contribution in [0.2, 0.25) is 0 Å². The molecule has 3 amide bonds. The zero-order valence-corrected chi connectivity index (χ0v) is 55.2. The SMILES string of the molecule is CC(=O)N[C@H]1[C@H](OC[C@H]2O[C@@H](O[C@H]3[C@H](O[C@@H]4O[C@@H](C)[C@@H](O)[C@@H](O)[C@@H]4O)[C@@H](O)C(O)O[C@@H]3CO)[C@H](O)[C@@H](O[C@@H]3O[C@H](CO)[C@@H](O)[C@H](O[C@@H]4O[C@H](CO)[C@H](O)[C@H](O)[C@H]4O)[C@H]3NC(C)=O)[C@H]2O)O[C@H](CO)[C@@H](O[C@@H]2O[C@H](CO)[C@H](O)[C@H](O[C@]3(C(=O)O)C[C@H](O)[C@@H](NC(C)=O)[C@H]([C@H](O)[C@H](O)CO)O3)[C@H]2O)[C@@H]1O. The van der Waals surface area contributed by atoms with Gasteiger partial charge in [0.1, 0.15) is 183 Å². The van der Waals surface area contributed by atoms with Crippen LogP contribution in [-0.2, 0) is 90.2 Å². The first-order valence-corrected chi connectivity index (χ1v) is 32.6. The second-order valence-corrected chi connectivity index (χ2v) is 26.0. The van der Waals surface area contributed by atoms with Gasteiger partial charge in [0.05, 0.1) is 64.5 Å². The fourth-order valence-corrected chi connectivity index (χ4v) is 13.2. The van der Waals surface area contributed by atoms with Gasteiger partial charge in [-0.05, 0) is 6.92 Å². The molecule has 0 aromatic heterocycles. The van der Waals surface area contributed by atoms with Crippen LogP contribution < -0.4 is 16.0 Å². The Morgan fingerprint density at radius 2 is 0.845 bits per heavy atom. The van der Waals surface area contributed by atoms with Gasteiger partial charge in [0.25, 0.3) is 5.79 Å². The van der Waals surface area contributed by atoms with Gasteiger partial charge in [-0.25, -0.2) is 4.79 Å². The molecular formula is C57H95N3O43. The number of carbonyl (C=O) groups is 4. The highest BCUT2D eigenvalue weighted by Gasteiger charge is 2.63. The van der Waals surface area contributed by atoms with Crippen molar-refractivity contribution >= 4 is 23.7 Å². The van der Waals surface area contributed by atoms with E-state index in [2.05, 4.69) is 16.0 Å². The maximum atomic E-state index is 13.2. The summed E-state index contributed by atoms with van der Waals surface area (Å²) >= 11 is 0. The number of aliphatic hydroxyl groups excluding tert-OH is 23. The summed E-state index contributed by atoms with van der Waals surface area (Å²) in [6.45, 7) is -3.86. The highest BCUT2D eigenvalue weighted by Crippen LogP contribution is 2.41. The van der Waals surface area contributed by atoms with Crippen molar-refractivity contribution in [1.82, 2.24) is 16.0 Å². The Labute approximate surface area is 582 Å². The molecule has 8 aliphatic rings. The van der Waals surface area contributed by atoms with Crippen LogP contribution in [0.25, 0.3) is 0 Å². The lowest BCUT2D eigenvalue weighted by Gasteiger charge is -2.51. The number of rotatable bonds is 27. The van der Waals surface area contributed by atoms with E-state index in [1.807, 2.05) is 0 Å². The van der Waals surface area contributed by atoms with Crippen molar-refractivity contribution in [1.29, 1.82) is 0 Å². The molecule has 8 heterocycles. The van der Waals surface area contributed by atoms with Gasteiger partial charge in [0.2, 0.25) is 17.7 Å². The predicted molar refractivity (Wildman–Crippen MR) is 315 cm³/mol. The number of aliphatic carboxylic acids is 1. The summed E-state index contributed by atoms with van der Waals surface area (Å²) in [6, 6.07) is -5.59. The third-order valence-electron chi connectivity index (χ3n) is 18.8. The van der Waals surface area contributed by atoms with Gasteiger partial charge in [-0.2, -0.15) is 0 Å². The molecule has 0 aromatic carbocycles. The van der Waals surface area contributed by atoms with E-state index in [4.69, 9.17) is 71.1 Å². The van der Waals surface area contributed by atoms with E-state index < -0.39 is 327 Å². The van der Waals surface area contributed by atoms with Crippen LogP contribution >= 0.6 is 0 Å². The van der Waals surface area contributed by atoms with E-state index >= 15 is 0 Å². The molecule has 0 aliphatic carbocycles. The van der Waals surface area contributed by atoms with E-state index in [9.17, 15) is 142 Å².